The highest BCUT2D eigenvalue weighted by Gasteiger charge is 2.26. The van der Waals surface area contributed by atoms with Crippen LogP contribution in [-0.2, 0) is 4.79 Å². The first-order chi connectivity index (χ1) is 11.4. The summed E-state index contributed by atoms with van der Waals surface area (Å²) < 4.78 is 6.19. The lowest BCUT2D eigenvalue weighted by atomic mass is 9.94. The van der Waals surface area contributed by atoms with Gasteiger partial charge in [0.1, 0.15) is 5.75 Å². The molecule has 134 valence electrons. The highest BCUT2D eigenvalue weighted by atomic mass is 79.9. The van der Waals surface area contributed by atoms with E-state index in [1.165, 1.54) is 19.3 Å². The van der Waals surface area contributed by atoms with Crippen LogP contribution in [0.15, 0.2) is 22.7 Å². The van der Waals surface area contributed by atoms with Gasteiger partial charge in [-0.3, -0.25) is 10.1 Å². The highest BCUT2D eigenvalue weighted by Crippen LogP contribution is 2.28. The summed E-state index contributed by atoms with van der Waals surface area (Å²) in [6, 6.07) is 6.31. The average Bonchev–Trinajstić information content (AvgIpc) is 2.60. The third kappa shape index (κ3) is 4.73. The van der Waals surface area contributed by atoms with Crippen molar-refractivity contribution < 1.29 is 9.53 Å². The fraction of sp³-hybridized carbons (Fsp3) is 0.632. The van der Waals surface area contributed by atoms with Gasteiger partial charge in [0.2, 0.25) is 5.91 Å². The molecule has 24 heavy (non-hydrogen) atoms. The summed E-state index contributed by atoms with van der Waals surface area (Å²) in [4.78, 5) is 14.7. The van der Waals surface area contributed by atoms with Gasteiger partial charge in [0.15, 0.2) is 0 Å². The summed E-state index contributed by atoms with van der Waals surface area (Å²) in [6.45, 7) is 4.04. The van der Waals surface area contributed by atoms with E-state index in [0.29, 0.717) is 6.04 Å². The number of amides is 1. The smallest absolute Gasteiger partial charge is 0.239 e. The SMILES string of the molecule is COc1ccc(C(C)NC(C)C(=O)N(C)C2CCCCC2)cc1Br. The van der Waals surface area contributed by atoms with Crippen LogP contribution in [0.4, 0.5) is 0 Å². The van der Waals surface area contributed by atoms with Crippen LogP contribution in [0.25, 0.3) is 0 Å². The first-order valence-electron chi connectivity index (χ1n) is 8.80. The molecule has 1 amide bonds. The van der Waals surface area contributed by atoms with Gasteiger partial charge in [0.05, 0.1) is 17.6 Å². The lowest BCUT2D eigenvalue weighted by molar-refractivity contribution is -0.134. The summed E-state index contributed by atoms with van der Waals surface area (Å²) in [5, 5.41) is 3.43. The number of methoxy groups -OCH3 is 1. The second-order valence-corrected chi connectivity index (χ2v) is 7.60. The van der Waals surface area contributed by atoms with Crippen LogP contribution in [0, 0.1) is 0 Å². The molecule has 1 saturated carbocycles. The number of nitrogens with zero attached hydrogens (tertiary/aromatic N) is 1. The third-order valence-corrected chi connectivity index (χ3v) is 5.64. The molecular weight excluding hydrogens is 368 g/mol. The quantitative estimate of drug-likeness (QED) is 0.779. The molecule has 0 saturated heterocycles. The monoisotopic (exact) mass is 396 g/mol. The molecule has 0 aliphatic heterocycles. The molecule has 1 N–H and O–H groups in total. The minimum Gasteiger partial charge on any atom is -0.496 e. The summed E-state index contributed by atoms with van der Waals surface area (Å²) in [6.07, 6.45) is 6.04. The number of likely N-dealkylation sites (N-methyl/N-ethyl adjacent to an activating group) is 1. The number of halogens is 1. The molecular formula is C19H29BrN2O2. The zero-order valence-corrected chi connectivity index (χ0v) is 16.7. The van der Waals surface area contributed by atoms with E-state index in [1.807, 2.05) is 37.1 Å². The fourth-order valence-electron chi connectivity index (χ4n) is 3.45. The predicted molar refractivity (Wildman–Crippen MR) is 101 cm³/mol. The predicted octanol–water partition coefficient (Wildman–Crippen LogP) is 4.29. The second-order valence-electron chi connectivity index (χ2n) is 6.75. The highest BCUT2D eigenvalue weighted by molar-refractivity contribution is 9.10. The van der Waals surface area contributed by atoms with Gasteiger partial charge in [0, 0.05) is 19.1 Å². The maximum Gasteiger partial charge on any atom is 0.239 e. The Morgan fingerprint density at radius 1 is 1.29 bits per heavy atom. The third-order valence-electron chi connectivity index (χ3n) is 5.02. The van der Waals surface area contributed by atoms with E-state index in [4.69, 9.17) is 4.74 Å². The van der Waals surface area contributed by atoms with Gasteiger partial charge >= 0.3 is 0 Å². The number of carbonyl (C=O) groups is 1. The molecule has 2 rings (SSSR count). The Balaban J connectivity index is 1.95. The lowest BCUT2D eigenvalue weighted by Gasteiger charge is -2.33. The van der Waals surface area contributed by atoms with E-state index < -0.39 is 0 Å². The van der Waals surface area contributed by atoms with Crippen molar-refractivity contribution in [2.24, 2.45) is 0 Å². The van der Waals surface area contributed by atoms with Crippen molar-refractivity contribution in [1.82, 2.24) is 10.2 Å². The van der Waals surface area contributed by atoms with Crippen LogP contribution in [0.3, 0.4) is 0 Å². The molecule has 1 aromatic rings. The Bertz CT molecular complexity index is 558. The Morgan fingerprint density at radius 3 is 2.54 bits per heavy atom. The van der Waals surface area contributed by atoms with Crippen LogP contribution >= 0.6 is 15.9 Å². The fourth-order valence-corrected chi connectivity index (χ4v) is 4.01. The van der Waals surface area contributed by atoms with Crippen LogP contribution in [0.1, 0.15) is 57.6 Å². The zero-order chi connectivity index (χ0) is 17.7. The van der Waals surface area contributed by atoms with E-state index in [0.717, 1.165) is 28.6 Å². The van der Waals surface area contributed by atoms with Crippen molar-refractivity contribution in [3.05, 3.63) is 28.2 Å². The Labute approximate surface area is 154 Å². The summed E-state index contributed by atoms with van der Waals surface area (Å²) in [7, 11) is 3.61. The van der Waals surface area contributed by atoms with Crippen LogP contribution in [0.2, 0.25) is 0 Å². The summed E-state index contributed by atoms with van der Waals surface area (Å²) >= 11 is 3.52. The molecule has 1 aliphatic carbocycles. The molecule has 0 radical (unpaired) electrons. The lowest BCUT2D eigenvalue weighted by Crippen LogP contribution is -2.48. The summed E-state index contributed by atoms with van der Waals surface area (Å²) in [5.41, 5.74) is 1.13. The standard InChI is InChI=1S/C19H29BrN2O2/c1-13(15-10-11-18(24-4)17(20)12-15)21-14(2)19(23)22(3)16-8-6-5-7-9-16/h10-14,16,21H,5-9H2,1-4H3. The summed E-state index contributed by atoms with van der Waals surface area (Å²) in [5.74, 6) is 0.994. The van der Waals surface area contributed by atoms with Gasteiger partial charge in [-0.2, -0.15) is 0 Å². The van der Waals surface area contributed by atoms with Crippen molar-refractivity contribution in [1.29, 1.82) is 0 Å². The van der Waals surface area contributed by atoms with Gasteiger partial charge in [-0.1, -0.05) is 25.3 Å². The maximum atomic E-state index is 12.7. The Morgan fingerprint density at radius 2 is 1.96 bits per heavy atom. The maximum absolute atomic E-state index is 12.7. The number of ether oxygens (including phenoxy) is 1. The minimum absolute atomic E-state index is 0.0888. The van der Waals surface area contributed by atoms with E-state index in [9.17, 15) is 4.79 Å². The Kier molecular flexibility index (Phi) is 7.11. The Hall–Kier alpha value is -1.07. The van der Waals surface area contributed by atoms with Crippen LogP contribution < -0.4 is 10.1 Å². The zero-order valence-electron chi connectivity index (χ0n) is 15.1. The van der Waals surface area contributed by atoms with E-state index in [2.05, 4.69) is 28.2 Å². The average molecular weight is 397 g/mol. The first kappa shape index (κ1) is 19.3. The molecule has 1 aliphatic rings. The molecule has 2 unspecified atom stereocenters. The molecule has 1 aromatic carbocycles. The molecule has 0 spiro atoms. The van der Waals surface area contributed by atoms with E-state index in [1.54, 1.807) is 7.11 Å². The minimum atomic E-state index is -0.201. The molecule has 0 bridgehead atoms. The molecule has 1 fully saturated rings. The topological polar surface area (TPSA) is 41.6 Å². The number of benzene rings is 1. The first-order valence-corrected chi connectivity index (χ1v) is 9.59. The van der Waals surface area contributed by atoms with Gasteiger partial charge in [-0.15, -0.1) is 0 Å². The van der Waals surface area contributed by atoms with E-state index >= 15 is 0 Å². The normalized spacial score (nSPS) is 18.0. The molecule has 0 aromatic heterocycles. The van der Waals surface area contributed by atoms with Crippen molar-refractivity contribution in [2.75, 3.05) is 14.2 Å². The molecule has 5 heteroatoms. The number of hydrogen-bond acceptors (Lipinski definition) is 3. The van der Waals surface area contributed by atoms with Gasteiger partial charge in [-0.25, -0.2) is 0 Å². The van der Waals surface area contributed by atoms with Gasteiger partial charge < -0.3 is 9.64 Å². The van der Waals surface area contributed by atoms with Crippen LogP contribution in [0.5, 0.6) is 5.75 Å². The largest absolute Gasteiger partial charge is 0.496 e. The molecule has 2 atom stereocenters. The van der Waals surface area contributed by atoms with E-state index in [-0.39, 0.29) is 18.0 Å². The van der Waals surface area contributed by atoms with Crippen molar-refractivity contribution >= 4 is 21.8 Å². The van der Waals surface area contributed by atoms with Crippen molar-refractivity contribution in [3.63, 3.8) is 0 Å². The van der Waals surface area contributed by atoms with Crippen molar-refractivity contribution in [2.45, 2.75) is 64.1 Å². The number of carbonyl (C=O) groups excluding carboxylic acids is 1. The van der Waals surface area contributed by atoms with Gasteiger partial charge in [0.25, 0.3) is 0 Å². The second kappa shape index (κ2) is 8.86. The number of rotatable bonds is 6. The van der Waals surface area contributed by atoms with Crippen LogP contribution in [-0.4, -0.2) is 37.0 Å². The number of hydrogen-bond donors (Lipinski definition) is 1. The molecule has 0 heterocycles. The van der Waals surface area contributed by atoms with Crippen molar-refractivity contribution in [3.8, 4) is 5.75 Å². The molecule has 4 nitrogen and oxygen atoms in total. The van der Waals surface area contributed by atoms with Gasteiger partial charge in [-0.05, 0) is 60.3 Å². The number of nitrogens with one attached hydrogen (secondary N) is 1.